The van der Waals surface area contributed by atoms with E-state index in [9.17, 15) is 22.4 Å². The molecule has 0 aromatic heterocycles. The van der Waals surface area contributed by atoms with Gasteiger partial charge in [-0.2, -0.15) is 0 Å². The molecule has 0 radical (unpaired) electrons. The van der Waals surface area contributed by atoms with Crippen LogP contribution >= 0.6 is 0 Å². The van der Waals surface area contributed by atoms with Crippen molar-refractivity contribution in [3.8, 4) is 0 Å². The highest BCUT2D eigenvalue weighted by Crippen LogP contribution is 2.27. The quantitative estimate of drug-likeness (QED) is 0.601. The predicted molar refractivity (Wildman–Crippen MR) is 128 cm³/mol. The molecule has 0 saturated heterocycles. The molecule has 0 unspecified atom stereocenters. The van der Waals surface area contributed by atoms with Gasteiger partial charge >= 0.3 is 0 Å². The summed E-state index contributed by atoms with van der Waals surface area (Å²) < 4.78 is 39.8. The topological polar surface area (TPSA) is 86.8 Å². The van der Waals surface area contributed by atoms with Crippen molar-refractivity contribution in [3.63, 3.8) is 0 Å². The van der Waals surface area contributed by atoms with Crippen LogP contribution in [0.5, 0.6) is 0 Å². The third-order valence-electron chi connectivity index (χ3n) is 5.23. The van der Waals surface area contributed by atoms with Gasteiger partial charge in [0.1, 0.15) is 18.4 Å². The molecule has 0 saturated carbocycles. The SMILES string of the molecule is Cc1cccc(C)c1N(CC(=O)N(Cc1ccc(F)cc1)[C@@H](C)C(=O)NC(C)C)S(C)(=O)=O. The summed E-state index contributed by atoms with van der Waals surface area (Å²) in [4.78, 5) is 27.5. The molecule has 0 bridgehead atoms. The molecule has 0 aliphatic carbocycles. The maximum atomic E-state index is 13.5. The van der Waals surface area contributed by atoms with Crippen LogP contribution in [0.4, 0.5) is 10.1 Å². The van der Waals surface area contributed by atoms with E-state index < -0.39 is 34.3 Å². The van der Waals surface area contributed by atoms with Gasteiger partial charge in [0.25, 0.3) is 0 Å². The van der Waals surface area contributed by atoms with Gasteiger partial charge in [-0.25, -0.2) is 12.8 Å². The third-order valence-corrected chi connectivity index (χ3v) is 6.34. The van der Waals surface area contributed by atoms with E-state index in [-0.39, 0.29) is 18.5 Å². The number of amides is 2. The smallest absolute Gasteiger partial charge is 0.244 e. The number of para-hydroxylation sites is 1. The van der Waals surface area contributed by atoms with E-state index in [1.807, 2.05) is 19.9 Å². The number of benzene rings is 2. The first-order valence-electron chi connectivity index (χ1n) is 10.7. The number of anilines is 1. The zero-order valence-electron chi connectivity index (χ0n) is 19.9. The zero-order valence-corrected chi connectivity index (χ0v) is 20.7. The first-order chi connectivity index (χ1) is 15.3. The summed E-state index contributed by atoms with van der Waals surface area (Å²) in [6.45, 7) is 8.32. The van der Waals surface area contributed by atoms with Crippen molar-refractivity contribution in [1.29, 1.82) is 0 Å². The van der Waals surface area contributed by atoms with Crippen LogP contribution in [0.15, 0.2) is 42.5 Å². The van der Waals surface area contributed by atoms with Gasteiger partial charge in [-0.15, -0.1) is 0 Å². The van der Waals surface area contributed by atoms with Crippen LogP contribution in [0.2, 0.25) is 0 Å². The van der Waals surface area contributed by atoms with Gasteiger partial charge in [-0.05, 0) is 63.4 Å². The molecular weight excluding hydrogens is 445 g/mol. The van der Waals surface area contributed by atoms with Crippen LogP contribution in [-0.2, 0) is 26.2 Å². The Labute approximate surface area is 195 Å². The molecule has 0 spiro atoms. The summed E-state index contributed by atoms with van der Waals surface area (Å²) in [5, 5.41) is 2.78. The molecule has 0 aliphatic heterocycles. The third kappa shape index (κ3) is 7.02. The highest BCUT2D eigenvalue weighted by Gasteiger charge is 2.31. The van der Waals surface area contributed by atoms with Crippen molar-refractivity contribution in [2.45, 2.75) is 53.2 Å². The van der Waals surface area contributed by atoms with Crippen molar-refractivity contribution in [2.75, 3.05) is 17.1 Å². The lowest BCUT2D eigenvalue weighted by Crippen LogP contribution is -2.52. The minimum Gasteiger partial charge on any atom is -0.352 e. The second kappa shape index (κ2) is 10.8. The lowest BCUT2D eigenvalue weighted by atomic mass is 10.1. The number of nitrogens with zero attached hydrogens (tertiary/aromatic N) is 2. The lowest BCUT2D eigenvalue weighted by molar-refractivity contribution is -0.139. The Morgan fingerprint density at radius 3 is 2.03 bits per heavy atom. The maximum absolute atomic E-state index is 13.5. The van der Waals surface area contributed by atoms with Crippen molar-refractivity contribution in [1.82, 2.24) is 10.2 Å². The highest BCUT2D eigenvalue weighted by molar-refractivity contribution is 7.92. The molecule has 2 amide bonds. The van der Waals surface area contributed by atoms with E-state index in [4.69, 9.17) is 0 Å². The van der Waals surface area contributed by atoms with E-state index in [2.05, 4.69) is 5.32 Å². The van der Waals surface area contributed by atoms with Crippen LogP contribution in [0.25, 0.3) is 0 Å². The summed E-state index contributed by atoms with van der Waals surface area (Å²) in [6, 6.07) is 9.97. The Balaban J connectivity index is 2.44. The summed E-state index contributed by atoms with van der Waals surface area (Å²) in [6.07, 6.45) is 1.05. The fourth-order valence-electron chi connectivity index (χ4n) is 3.55. The largest absolute Gasteiger partial charge is 0.352 e. The average molecular weight is 478 g/mol. The Morgan fingerprint density at radius 1 is 1.00 bits per heavy atom. The summed E-state index contributed by atoms with van der Waals surface area (Å²) in [7, 11) is -3.80. The summed E-state index contributed by atoms with van der Waals surface area (Å²) in [5.74, 6) is -1.32. The molecule has 0 aliphatic rings. The highest BCUT2D eigenvalue weighted by atomic mass is 32.2. The molecule has 9 heteroatoms. The van der Waals surface area contributed by atoms with Gasteiger partial charge in [0.05, 0.1) is 11.9 Å². The van der Waals surface area contributed by atoms with Crippen LogP contribution < -0.4 is 9.62 Å². The van der Waals surface area contributed by atoms with Crippen LogP contribution in [0, 0.1) is 19.7 Å². The van der Waals surface area contributed by atoms with Crippen molar-refractivity contribution >= 4 is 27.5 Å². The molecule has 2 aromatic rings. The van der Waals surface area contributed by atoms with E-state index >= 15 is 0 Å². The zero-order chi connectivity index (χ0) is 24.9. The van der Waals surface area contributed by atoms with E-state index in [0.717, 1.165) is 10.6 Å². The second-order valence-corrected chi connectivity index (χ2v) is 10.4. The van der Waals surface area contributed by atoms with Gasteiger partial charge in [-0.1, -0.05) is 30.3 Å². The van der Waals surface area contributed by atoms with Gasteiger partial charge < -0.3 is 10.2 Å². The molecule has 33 heavy (non-hydrogen) atoms. The summed E-state index contributed by atoms with van der Waals surface area (Å²) >= 11 is 0. The normalized spacial score (nSPS) is 12.4. The van der Waals surface area contributed by atoms with Crippen LogP contribution in [0.3, 0.4) is 0 Å². The van der Waals surface area contributed by atoms with Gasteiger partial charge in [0.2, 0.25) is 21.8 Å². The van der Waals surface area contributed by atoms with Gasteiger partial charge in [0, 0.05) is 12.6 Å². The number of aryl methyl sites for hydroxylation is 2. The van der Waals surface area contributed by atoms with Gasteiger partial charge in [-0.3, -0.25) is 13.9 Å². The Hall–Kier alpha value is -2.94. The molecule has 180 valence electrons. The van der Waals surface area contributed by atoms with E-state index in [0.29, 0.717) is 22.4 Å². The molecule has 7 nitrogen and oxygen atoms in total. The predicted octanol–water partition coefficient (Wildman–Crippen LogP) is 3.15. The minimum atomic E-state index is -3.80. The fraction of sp³-hybridized carbons (Fsp3) is 0.417. The number of carbonyl (C=O) groups is 2. The molecular formula is C24H32FN3O4S. The molecule has 1 N–H and O–H groups in total. The van der Waals surface area contributed by atoms with Crippen LogP contribution in [0.1, 0.15) is 37.5 Å². The maximum Gasteiger partial charge on any atom is 0.244 e. The summed E-state index contributed by atoms with van der Waals surface area (Å²) in [5.41, 5.74) is 2.48. The Bertz CT molecular complexity index is 1080. The molecule has 2 aromatic carbocycles. The standard InChI is InChI=1S/C24H32FN3O4S/c1-16(2)26-24(30)19(5)27(14-20-10-12-21(25)13-11-20)22(29)15-28(33(6,31)32)23-17(3)8-7-9-18(23)4/h7-13,16,19H,14-15H2,1-6H3,(H,26,30)/t19-/m0/s1. The molecule has 1 atom stereocenters. The van der Waals surface area contributed by atoms with Crippen LogP contribution in [-0.4, -0.2) is 50.0 Å². The lowest BCUT2D eigenvalue weighted by Gasteiger charge is -2.32. The number of halogens is 1. The molecule has 0 heterocycles. The Morgan fingerprint density at radius 2 is 1.55 bits per heavy atom. The number of hydrogen-bond donors (Lipinski definition) is 1. The molecule has 2 rings (SSSR count). The first-order valence-corrected chi connectivity index (χ1v) is 12.5. The van der Waals surface area contributed by atoms with E-state index in [1.165, 1.54) is 29.2 Å². The number of sulfonamides is 1. The average Bonchev–Trinajstić information content (AvgIpc) is 2.70. The number of hydrogen-bond acceptors (Lipinski definition) is 4. The minimum absolute atomic E-state index is 0.0240. The number of carbonyl (C=O) groups excluding carboxylic acids is 2. The fourth-order valence-corrected chi connectivity index (χ4v) is 4.51. The first kappa shape index (κ1) is 26.3. The number of nitrogens with one attached hydrogen (secondary N) is 1. The van der Waals surface area contributed by atoms with Crippen molar-refractivity contribution < 1.29 is 22.4 Å². The van der Waals surface area contributed by atoms with Gasteiger partial charge in [0.15, 0.2) is 0 Å². The van der Waals surface area contributed by atoms with E-state index in [1.54, 1.807) is 32.9 Å². The second-order valence-electron chi connectivity index (χ2n) is 8.50. The van der Waals surface area contributed by atoms with Crippen molar-refractivity contribution in [3.05, 3.63) is 65.0 Å². The molecule has 0 fully saturated rings. The Kier molecular flexibility index (Phi) is 8.60. The number of rotatable bonds is 9. The van der Waals surface area contributed by atoms with Crippen molar-refractivity contribution in [2.24, 2.45) is 0 Å². The monoisotopic (exact) mass is 477 g/mol.